The first-order chi connectivity index (χ1) is 6.40. The smallest absolute Gasteiger partial charge is 0.232 e. The topological polar surface area (TPSA) is 144 Å². The predicted octanol–water partition coefficient (Wildman–Crippen LogP) is -3.30. The molecule has 0 saturated heterocycles. The second-order valence-corrected chi connectivity index (χ2v) is 2.81. The minimum atomic E-state index is -1.87. The van der Waals surface area contributed by atoms with Gasteiger partial charge in [-0.15, -0.1) is 0 Å². The van der Waals surface area contributed by atoms with Gasteiger partial charge in [0, 0.05) is 4.92 Å². The Balaban J connectivity index is 4.15. The van der Waals surface area contributed by atoms with Gasteiger partial charge in [0.2, 0.25) is 6.54 Å². The first kappa shape index (κ1) is 13.2. The standard InChI is InChI=1S/C6H13NO7/c8-2-4(10)6(12)5(11)3(9)1-7(13)14/h3-6,8-12H,1-2H2/t3-,4+,5-,6-/m1/s1. The third-order valence-corrected chi connectivity index (χ3v) is 1.66. The molecule has 0 unspecified atom stereocenters. The maximum Gasteiger partial charge on any atom is 0.232 e. The van der Waals surface area contributed by atoms with E-state index in [4.69, 9.17) is 25.5 Å². The Labute approximate surface area is 79.2 Å². The molecule has 8 heteroatoms. The van der Waals surface area contributed by atoms with Gasteiger partial charge in [-0.05, 0) is 0 Å². The van der Waals surface area contributed by atoms with E-state index in [0.29, 0.717) is 0 Å². The highest BCUT2D eigenvalue weighted by atomic mass is 16.6. The molecule has 0 aromatic carbocycles. The fraction of sp³-hybridized carbons (Fsp3) is 1.00. The lowest BCUT2D eigenvalue weighted by Crippen LogP contribution is -2.47. The molecule has 0 fully saturated rings. The minimum Gasteiger partial charge on any atom is -0.394 e. The highest BCUT2D eigenvalue weighted by molar-refractivity contribution is 4.79. The van der Waals surface area contributed by atoms with Crippen LogP contribution in [0.1, 0.15) is 0 Å². The second kappa shape index (κ2) is 5.83. The van der Waals surface area contributed by atoms with E-state index in [0.717, 1.165) is 0 Å². The molecule has 0 aromatic rings. The number of nitro groups is 1. The Morgan fingerprint density at radius 3 is 1.86 bits per heavy atom. The van der Waals surface area contributed by atoms with Crippen LogP contribution in [0.5, 0.6) is 0 Å². The summed E-state index contributed by atoms with van der Waals surface area (Å²) in [5, 5.41) is 54.2. The van der Waals surface area contributed by atoms with Crippen molar-refractivity contribution >= 4 is 0 Å². The van der Waals surface area contributed by atoms with Gasteiger partial charge in [0.05, 0.1) is 6.61 Å². The lowest BCUT2D eigenvalue weighted by molar-refractivity contribution is -0.493. The summed E-state index contributed by atoms with van der Waals surface area (Å²) >= 11 is 0. The van der Waals surface area contributed by atoms with Crippen molar-refractivity contribution in [1.29, 1.82) is 0 Å². The van der Waals surface area contributed by atoms with E-state index in [9.17, 15) is 10.1 Å². The van der Waals surface area contributed by atoms with Crippen LogP contribution in [0.2, 0.25) is 0 Å². The van der Waals surface area contributed by atoms with E-state index < -0.39 is 42.5 Å². The van der Waals surface area contributed by atoms with E-state index in [2.05, 4.69) is 0 Å². The third kappa shape index (κ3) is 3.94. The van der Waals surface area contributed by atoms with Crippen molar-refractivity contribution in [2.24, 2.45) is 0 Å². The lowest BCUT2D eigenvalue weighted by atomic mass is 10.0. The zero-order chi connectivity index (χ0) is 11.3. The van der Waals surface area contributed by atoms with Crippen LogP contribution in [0.25, 0.3) is 0 Å². The SMILES string of the molecule is O=[N+]([O-])C[C@@H](O)[C@@H](O)[C@H](O)[C@@H](O)CO. The highest BCUT2D eigenvalue weighted by Gasteiger charge is 2.32. The normalized spacial score (nSPS) is 19.8. The molecule has 8 nitrogen and oxygen atoms in total. The van der Waals surface area contributed by atoms with Crippen molar-refractivity contribution in [3.63, 3.8) is 0 Å². The molecule has 0 aliphatic heterocycles. The monoisotopic (exact) mass is 211 g/mol. The lowest BCUT2D eigenvalue weighted by Gasteiger charge is -2.23. The van der Waals surface area contributed by atoms with Crippen LogP contribution in [-0.4, -0.2) is 68.0 Å². The van der Waals surface area contributed by atoms with E-state index in [1.807, 2.05) is 0 Å². The number of hydrogen-bond acceptors (Lipinski definition) is 7. The molecule has 0 amide bonds. The molecule has 4 atom stereocenters. The molecule has 0 saturated carbocycles. The van der Waals surface area contributed by atoms with Gasteiger partial charge in [0.25, 0.3) is 0 Å². The number of aliphatic hydroxyl groups is 5. The van der Waals surface area contributed by atoms with Gasteiger partial charge in [-0.1, -0.05) is 0 Å². The van der Waals surface area contributed by atoms with E-state index in [1.54, 1.807) is 0 Å². The van der Waals surface area contributed by atoms with Gasteiger partial charge in [-0.2, -0.15) is 0 Å². The Morgan fingerprint density at radius 2 is 1.50 bits per heavy atom. The van der Waals surface area contributed by atoms with Crippen molar-refractivity contribution in [1.82, 2.24) is 0 Å². The van der Waals surface area contributed by atoms with E-state index >= 15 is 0 Å². The van der Waals surface area contributed by atoms with Gasteiger partial charge < -0.3 is 25.5 Å². The summed E-state index contributed by atoms with van der Waals surface area (Å²) < 4.78 is 0. The Morgan fingerprint density at radius 1 is 1.07 bits per heavy atom. The molecule has 14 heavy (non-hydrogen) atoms. The second-order valence-electron chi connectivity index (χ2n) is 2.81. The zero-order valence-electron chi connectivity index (χ0n) is 7.22. The molecule has 0 heterocycles. The molecule has 0 aliphatic carbocycles. The Hall–Kier alpha value is -0.800. The molecule has 0 spiro atoms. The van der Waals surface area contributed by atoms with Gasteiger partial charge in [0.1, 0.15) is 24.4 Å². The molecule has 0 aliphatic rings. The van der Waals surface area contributed by atoms with Crippen LogP contribution in [-0.2, 0) is 0 Å². The average molecular weight is 211 g/mol. The first-order valence-corrected chi connectivity index (χ1v) is 3.85. The Kier molecular flexibility index (Phi) is 5.50. The Bertz CT molecular complexity index is 187. The van der Waals surface area contributed by atoms with Crippen LogP contribution in [0, 0.1) is 10.1 Å². The number of hydrogen-bond donors (Lipinski definition) is 5. The average Bonchev–Trinajstić information content (AvgIpc) is 2.13. The van der Waals surface area contributed by atoms with Crippen LogP contribution >= 0.6 is 0 Å². The highest BCUT2D eigenvalue weighted by Crippen LogP contribution is 2.05. The fourth-order valence-electron chi connectivity index (χ4n) is 0.824. The van der Waals surface area contributed by atoms with E-state index in [1.165, 1.54) is 0 Å². The quantitative estimate of drug-likeness (QED) is 0.228. The molecular formula is C6H13NO7. The number of nitrogens with zero attached hydrogens (tertiary/aromatic N) is 1. The summed E-state index contributed by atoms with van der Waals surface area (Å²) in [5.74, 6) is 0. The summed E-state index contributed by atoms with van der Waals surface area (Å²) in [4.78, 5) is 9.05. The summed E-state index contributed by atoms with van der Waals surface area (Å²) in [5.41, 5.74) is 0. The van der Waals surface area contributed by atoms with Crippen LogP contribution in [0.3, 0.4) is 0 Å². The molecular weight excluding hydrogens is 198 g/mol. The van der Waals surface area contributed by atoms with Crippen LogP contribution in [0.4, 0.5) is 0 Å². The minimum absolute atomic E-state index is 0.816. The van der Waals surface area contributed by atoms with Gasteiger partial charge in [-0.25, -0.2) is 0 Å². The van der Waals surface area contributed by atoms with Gasteiger partial charge in [0.15, 0.2) is 0 Å². The molecule has 5 N–H and O–H groups in total. The largest absolute Gasteiger partial charge is 0.394 e. The number of rotatable bonds is 6. The zero-order valence-corrected chi connectivity index (χ0v) is 7.22. The number of aliphatic hydroxyl groups excluding tert-OH is 5. The summed E-state index contributed by atoms with van der Waals surface area (Å²) in [6, 6.07) is 0. The van der Waals surface area contributed by atoms with Crippen molar-refractivity contribution in [2.75, 3.05) is 13.2 Å². The van der Waals surface area contributed by atoms with Crippen molar-refractivity contribution in [3.8, 4) is 0 Å². The predicted molar refractivity (Wildman–Crippen MR) is 43.0 cm³/mol. The molecule has 84 valence electrons. The summed E-state index contributed by atoms with van der Waals surface area (Å²) in [6.07, 6.45) is -7.13. The summed E-state index contributed by atoms with van der Waals surface area (Å²) in [7, 11) is 0. The fourth-order valence-corrected chi connectivity index (χ4v) is 0.824. The molecule has 0 bridgehead atoms. The van der Waals surface area contributed by atoms with Crippen LogP contribution in [0.15, 0.2) is 0 Å². The van der Waals surface area contributed by atoms with Crippen LogP contribution < -0.4 is 0 Å². The van der Waals surface area contributed by atoms with Crippen molar-refractivity contribution < 1.29 is 30.5 Å². The maximum atomic E-state index is 9.92. The molecule has 0 radical (unpaired) electrons. The first-order valence-electron chi connectivity index (χ1n) is 3.85. The third-order valence-electron chi connectivity index (χ3n) is 1.66. The van der Waals surface area contributed by atoms with Crippen molar-refractivity contribution in [3.05, 3.63) is 10.1 Å². The van der Waals surface area contributed by atoms with Gasteiger partial charge in [-0.3, -0.25) is 10.1 Å². The molecule has 0 rings (SSSR count). The maximum absolute atomic E-state index is 9.92. The van der Waals surface area contributed by atoms with E-state index in [-0.39, 0.29) is 0 Å². The summed E-state index contributed by atoms with van der Waals surface area (Å²) in [6.45, 7) is -1.76. The van der Waals surface area contributed by atoms with Crippen molar-refractivity contribution in [2.45, 2.75) is 24.4 Å². The molecule has 0 aromatic heterocycles. The van der Waals surface area contributed by atoms with Gasteiger partial charge >= 0.3 is 0 Å².